The topological polar surface area (TPSA) is 21.7 Å². The minimum absolute atomic E-state index is 0.451. The van der Waals surface area contributed by atoms with Gasteiger partial charge in [-0.3, -0.25) is 0 Å². The van der Waals surface area contributed by atoms with Crippen molar-refractivity contribution in [1.29, 1.82) is 0 Å². The van der Waals surface area contributed by atoms with Gasteiger partial charge in [-0.1, -0.05) is 164 Å². The van der Waals surface area contributed by atoms with Crippen LogP contribution in [0.4, 0.5) is 0 Å². The maximum Gasteiger partial charge on any atom is 0.167 e. The molecular weight excluding hydrogens is 538 g/mol. The molecule has 266 valence electrons. The van der Waals surface area contributed by atoms with E-state index in [1.807, 2.05) is 14.2 Å². The zero-order valence-electron chi connectivity index (χ0n) is 32.4. The first kappa shape index (κ1) is 43.9. The lowest BCUT2D eigenvalue weighted by Crippen LogP contribution is -2.41. The van der Waals surface area contributed by atoms with Crippen molar-refractivity contribution in [3.63, 3.8) is 0 Å². The molecule has 0 aliphatic carbocycles. The first-order chi connectivity index (χ1) is 20.9. The molecule has 0 spiro atoms. The highest BCUT2D eigenvalue weighted by molar-refractivity contribution is 4.77. The molecule has 0 heterocycles. The quantitative estimate of drug-likeness (QED) is 0.0566. The monoisotopic (exact) mass is 624 g/mol. The SMILES string of the molecule is CCCCCCCCC(CCN(CCCCCCCCCC(C)(C)C)CCCCCCCCCC(C)(C)C)C(C)(OC)OC. The summed E-state index contributed by atoms with van der Waals surface area (Å²) in [7, 11) is 3.67. The van der Waals surface area contributed by atoms with Gasteiger partial charge in [0.05, 0.1) is 0 Å². The molecule has 0 aliphatic rings. The molecule has 0 saturated heterocycles. The lowest BCUT2D eigenvalue weighted by molar-refractivity contribution is -0.230. The number of methoxy groups -OCH3 is 2. The Balaban J connectivity index is 4.71. The summed E-state index contributed by atoms with van der Waals surface area (Å²) in [6, 6.07) is 0. The van der Waals surface area contributed by atoms with E-state index in [1.54, 1.807) is 0 Å². The van der Waals surface area contributed by atoms with Crippen LogP contribution in [0.2, 0.25) is 0 Å². The minimum Gasteiger partial charge on any atom is -0.353 e. The van der Waals surface area contributed by atoms with Gasteiger partial charge in [0.15, 0.2) is 5.79 Å². The smallest absolute Gasteiger partial charge is 0.167 e. The van der Waals surface area contributed by atoms with Gasteiger partial charge >= 0.3 is 0 Å². The van der Waals surface area contributed by atoms with Gasteiger partial charge in [0.2, 0.25) is 0 Å². The van der Waals surface area contributed by atoms with Gasteiger partial charge in [0, 0.05) is 20.1 Å². The predicted molar refractivity (Wildman–Crippen MR) is 198 cm³/mol. The van der Waals surface area contributed by atoms with E-state index in [0.717, 1.165) is 0 Å². The van der Waals surface area contributed by atoms with Crippen LogP contribution in [0.3, 0.4) is 0 Å². The Morgan fingerprint density at radius 2 is 0.795 bits per heavy atom. The van der Waals surface area contributed by atoms with E-state index in [1.165, 1.54) is 174 Å². The summed E-state index contributed by atoms with van der Waals surface area (Å²) in [4.78, 5) is 2.80. The summed E-state index contributed by atoms with van der Waals surface area (Å²) in [6.07, 6.45) is 32.8. The Kier molecular flexibility index (Phi) is 26.8. The first-order valence-electron chi connectivity index (χ1n) is 19.7. The number of unbranched alkanes of at least 4 members (excludes halogenated alkanes) is 17. The van der Waals surface area contributed by atoms with Gasteiger partial charge in [-0.2, -0.15) is 0 Å². The molecule has 0 rings (SSSR count). The Morgan fingerprint density at radius 1 is 0.432 bits per heavy atom. The maximum absolute atomic E-state index is 5.98. The van der Waals surface area contributed by atoms with Crippen LogP contribution in [0.1, 0.15) is 209 Å². The first-order valence-corrected chi connectivity index (χ1v) is 19.7. The van der Waals surface area contributed by atoms with Gasteiger partial charge in [-0.25, -0.2) is 0 Å². The van der Waals surface area contributed by atoms with Crippen molar-refractivity contribution in [2.75, 3.05) is 33.9 Å². The van der Waals surface area contributed by atoms with Gasteiger partial charge in [-0.15, -0.1) is 0 Å². The zero-order chi connectivity index (χ0) is 33.2. The van der Waals surface area contributed by atoms with Crippen LogP contribution in [-0.4, -0.2) is 44.5 Å². The highest BCUT2D eigenvalue weighted by Gasteiger charge is 2.33. The van der Waals surface area contributed by atoms with Crippen LogP contribution in [-0.2, 0) is 9.47 Å². The van der Waals surface area contributed by atoms with Crippen LogP contribution >= 0.6 is 0 Å². The van der Waals surface area contributed by atoms with E-state index in [4.69, 9.17) is 9.47 Å². The molecule has 0 bridgehead atoms. The van der Waals surface area contributed by atoms with Gasteiger partial charge in [0.25, 0.3) is 0 Å². The summed E-state index contributed by atoms with van der Waals surface area (Å²) < 4.78 is 12.0. The van der Waals surface area contributed by atoms with E-state index >= 15 is 0 Å². The standard InChI is InChI=1S/C41H85NO2/c1-11-12-13-14-21-26-31-38(41(8,43-9)44-10)32-37-42(35-29-24-19-15-17-22-27-33-39(2,3)4)36-30-25-20-16-18-23-28-34-40(5,6)7/h38H,11-37H2,1-10H3. The Morgan fingerprint density at radius 3 is 1.18 bits per heavy atom. The molecule has 0 radical (unpaired) electrons. The number of rotatable bonds is 31. The fourth-order valence-electron chi connectivity index (χ4n) is 6.68. The average Bonchev–Trinajstić information content (AvgIpc) is 2.96. The number of hydrogen-bond acceptors (Lipinski definition) is 3. The Labute approximate surface area is 279 Å². The lowest BCUT2D eigenvalue weighted by atomic mass is 9.89. The van der Waals surface area contributed by atoms with Crippen molar-refractivity contribution < 1.29 is 9.47 Å². The third-order valence-electron chi connectivity index (χ3n) is 10.1. The molecule has 3 heteroatoms. The second-order valence-electron chi connectivity index (χ2n) is 16.9. The molecule has 3 nitrogen and oxygen atoms in total. The molecule has 0 aromatic heterocycles. The van der Waals surface area contributed by atoms with E-state index in [9.17, 15) is 0 Å². The van der Waals surface area contributed by atoms with E-state index in [-0.39, 0.29) is 0 Å². The second-order valence-corrected chi connectivity index (χ2v) is 16.9. The van der Waals surface area contributed by atoms with Gasteiger partial charge in [0.1, 0.15) is 0 Å². The van der Waals surface area contributed by atoms with Crippen LogP contribution in [0.15, 0.2) is 0 Å². The van der Waals surface area contributed by atoms with Crippen molar-refractivity contribution in [2.24, 2.45) is 16.7 Å². The Hall–Kier alpha value is -0.120. The third kappa shape index (κ3) is 27.0. The summed E-state index contributed by atoms with van der Waals surface area (Å²) >= 11 is 0. The summed E-state index contributed by atoms with van der Waals surface area (Å²) in [5, 5.41) is 0. The minimum atomic E-state index is -0.477. The van der Waals surface area contributed by atoms with Crippen molar-refractivity contribution in [2.45, 2.75) is 215 Å². The average molecular weight is 624 g/mol. The van der Waals surface area contributed by atoms with E-state index < -0.39 is 5.79 Å². The highest BCUT2D eigenvalue weighted by atomic mass is 16.7. The van der Waals surface area contributed by atoms with Crippen LogP contribution in [0.25, 0.3) is 0 Å². The van der Waals surface area contributed by atoms with Crippen LogP contribution in [0, 0.1) is 16.7 Å². The van der Waals surface area contributed by atoms with E-state index in [0.29, 0.717) is 16.7 Å². The molecule has 0 N–H and O–H groups in total. The number of hydrogen-bond donors (Lipinski definition) is 0. The highest BCUT2D eigenvalue weighted by Crippen LogP contribution is 2.31. The molecule has 1 unspecified atom stereocenters. The zero-order valence-corrected chi connectivity index (χ0v) is 32.4. The molecule has 44 heavy (non-hydrogen) atoms. The second kappa shape index (κ2) is 26.9. The van der Waals surface area contributed by atoms with Crippen molar-refractivity contribution in [3.8, 4) is 0 Å². The normalized spacial score (nSPS) is 13.7. The third-order valence-corrected chi connectivity index (χ3v) is 10.1. The van der Waals surface area contributed by atoms with E-state index in [2.05, 4.69) is 60.3 Å². The molecule has 0 aromatic carbocycles. The summed E-state index contributed by atoms with van der Waals surface area (Å²) in [5.74, 6) is -0.0258. The van der Waals surface area contributed by atoms with Crippen LogP contribution < -0.4 is 0 Å². The molecule has 1 atom stereocenters. The fraction of sp³-hybridized carbons (Fsp3) is 1.00. The largest absolute Gasteiger partial charge is 0.353 e. The molecule has 0 amide bonds. The predicted octanol–water partition coefficient (Wildman–Crippen LogP) is 13.4. The number of ether oxygens (including phenoxy) is 2. The molecule has 0 saturated carbocycles. The molecule has 0 aliphatic heterocycles. The molecule has 0 fully saturated rings. The maximum atomic E-state index is 5.98. The summed E-state index contributed by atoms with van der Waals surface area (Å²) in [5.41, 5.74) is 0.986. The van der Waals surface area contributed by atoms with Crippen molar-refractivity contribution in [1.82, 2.24) is 4.90 Å². The molecule has 0 aromatic rings. The lowest BCUT2D eigenvalue weighted by Gasteiger charge is -2.36. The van der Waals surface area contributed by atoms with Crippen molar-refractivity contribution in [3.05, 3.63) is 0 Å². The van der Waals surface area contributed by atoms with Crippen molar-refractivity contribution >= 4 is 0 Å². The molecular formula is C41H85NO2. The van der Waals surface area contributed by atoms with Gasteiger partial charge < -0.3 is 14.4 Å². The summed E-state index contributed by atoms with van der Waals surface area (Å²) in [6.45, 7) is 22.4. The van der Waals surface area contributed by atoms with Crippen LogP contribution in [0.5, 0.6) is 0 Å². The number of nitrogens with zero attached hydrogens (tertiary/aromatic N) is 1. The Bertz CT molecular complexity index is 569. The fourth-order valence-corrected chi connectivity index (χ4v) is 6.68. The van der Waals surface area contributed by atoms with Gasteiger partial charge in [-0.05, 0) is 75.9 Å².